The van der Waals surface area contributed by atoms with E-state index in [-0.39, 0.29) is 57.0 Å². The number of benzene rings is 2. The summed E-state index contributed by atoms with van der Waals surface area (Å²) in [5, 5.41) is 36.0. The maximum Gasteiger partial charge on any atom is 0.245 e. The lowest BCUT2D eigenvalue weighted by atomic mass is 9.95. The molecule has 0 saturated carbocycles. The van der Waals surface area contributed by atoms with E-state index >= 15 is 0 Å². The van der Waals surface area contributed by atoms with Crippen LogP contribution in [0, 0.1) is 0 Å². The van der Waals surface area contributed by atoms with Crippen molar-refractivity contribution in [1.82, 2.24) is 15.5 Å². The van der Waals surface area contributed by atoms with Crippen LogP contribution in [0.1, 0.15) is 37.3 Å². The number of nitrogens with zero attached hydrogens (tertiary/aromatic N) is 1. The number of carbonyl (C=O) groups is 3. The van der Waals surface area contributed by atoms with E-state index in [4.69, 9.17) is 17.2 Å². The van der Waals surface area contributed by atoms with Gasteiger partial charge >= 0.3 is 0 Å². The zero-order chi connectivity index (χ0) is 30.1. The maximum absolute atomic E-state index is 13.9. The molecule has 41 heavy (non-hydrogen) atoms. The van der Waals surface area contributed by atoms with Gasteiger partial charge in [-0.2, -0.15) is 0 Å². The van der Waals surface area contributed by atoms with Crippen molar-refractivity contribution < 1.29 is 29.7 Å². The predicted molar refractivity (Wildman–Crippen MR) is 155 cm³/mol. The van der Waals surface area contributed by atoms with Crippen molar-refractivity contribution in [3.05, 3.63) is 47.5 Å². The Bertz CT molecular complexity index is 1220. The molecule has 11 N–H and O–H groups in total. The van der Waals surface area contributed by atoms with Gasteiger partial charge in [0, 0.05) is 32.0 Å². The second-order valence-corrected chi connectivity index (χ2v) is 10.4. The third kappa shape index (κ3) is 8.17. The number of amides is 3. The molecule has 3 amide bonds. The number of nitrogens with two attached hydrogens (primary N) is 3. The molecule has 0 unspecified atom stereocenters. The molecule has 1 aliphatic rings. The van der Waals surface area contributed by atoms with E-state index < -0.39 is 41.9 Å². The fourth-order valence-corrected chi connectivity index (χ4v) is 4.92. The molecule has 1 aliphatic heterocycles. The van der Waals surface area contributed by atoms with E-state index in [0.29, 0.717) is 35.1 Å². The van der Waals surface area contributed by atoms with Crippen LogP contribution in [0.2, 0.25) is 0 Å². The number of aliphatic hydroxyl groups excluding tert-OH is 1. The summed E-state index contributed by atoms with van der Waals surface area (Å²) in [6, 6.07) is 6.30. The Morgan fingerprint density at radius 1 is 1.10 bits per heavy atom. The van der Waals surface area contributed by atoms with Crippen molar-refractivity contribution in [1.29, 1.82) is 0 Å². The normalized spacial score (nSPS) is 20.5. The number of hydrogen-bond acceptors (Lipinski definition) is 9. The van der Waals surface area contributed by atoms with Crippen molar-refractivity contribution >= 4 is 17.7 Å². The molecule has 0 aliphatic carbocycles. The summed E-state index contributed by atoms with van der Waals surface area (Å²) < 4.78 is 0. The van der Waals surface area contributed by atoms with Crippen LogP contribution < -0.4 is 27.8 Å². The van der Waals surface area contributed by atoms with Crippen LogP contribution in [0.4, 0.5) is 0 Å². The second kappa shape index (κ2) is 14.8. The van der Waals surface area contributed by atoms with Gasteiger partial charge in [0.2, 0.25) is 17.7 Å². The molecule has 3 rings (SSSR count). The molecule has 4 atom stereocenters. The molecule has 2 aromatic rings. The number of nitrogens with one attached hydrogen (secondary N) is 2. The highest BCUT2D eigenvalue weighted by atomic mass is 16.3. The third-order valence-corrected chi connectivity index (χ3v) is 7.35. The lowest BCUT2D eigenvalue weighted by Gasteiger charge is -2.34. The Hall–Kier alpha value is -3.71. The molecule has 2 aromatic carbocycles. The van der Waals surface area contributed by atoms with Crippen LogP contribution in [0.15, 0.2) is 36.4 Å². The highest BCUT2D eigenvalue weighted by Crippen LogP contribution is 2.31. The van der Waals surface area contributed by atoms with Crippen molar-refractivity contribution in [2.75, 3.05) is 26.2 Å². The quantitative estimate of drug-likeness (QED) is 0.194. The number of fused-ring (bicyclic) bond motifs is 5. The van der Waals surface area contributed by atoms with Crippen LogP contribution in [0.3, 0.4) is 0 Å². The Kier molecular flexibility index (Phi) is 11.5. The lowest BCUT2D eigenvalue weighted by molar-refractivity contribution is -0.143. The van der Waals surface area contributed by atoms with Crippen LogP contribution in [-0.2, 0) is 27.2 Å². The van der Waals surface area contributed by atoms with E-state index in [0.717, 1.165) is 0 Å². The van der Waals surface area contributed by atoms with E-state index in [1.54, 1.807) is 31.2 Å². The molecule has 12 nitrogen and oxygen atoms in total. The molecule has 4 bridgehead atoms. The van der Waals surface area contributed by atoms with Gasteiger partial charge in [-0.1, -0.05) is 12.1 Å². The van der Waals surface area contributed by atoms with Gasteiger partial charge in [0.05, 0.1) is 12.6 Å². The first-order chi connectivity index (χ1) is 19.6. The highest BCUT2D eigenvalue weighted by molar-refractivity contribution is 5.93. The zero-order valence-electron chi connectivity index (χ0n) is 23.4. The summed E-state index contributed by atoms with van der Waals surface area (Å²) in [7, 11) is 0. The first kappa shape index (κ1) is 31.8. The molecular weight excluding hydrogens is 528 g/mol. The van der Waals surface area contributed by atoms with Crippen LogP contribution in [0.5, 0.6) is 11.5 Å². The smallest absolute Gasteiger partial charge is 0.245 e. The van der Waals surface area contributed by atoms with Crippen LogP contribution >= 0.6 is 0 Å². The minimum absolute atomic E-state index is 0.0147. The Balaban J connectivity index is 2.11. The monoisotopic (exact) mass is 570 g/mol. The summed E-state index contributed by atoms with van der Waals surface area (Å²) in [4.78, 5) is 42.0. The fraction of sp³-hybridized carbons (Fsp3) is 0.483. The average Bonchev–Trinajstić information content (AvgIpc) is 2.96. The van der Waals surface area contributed by atoms with E-state index in [1.807, 2.05) is 0 Å². The largest absolute Gasteiger partial charge is 0.508 e. The van der Waals surface area contributed by atoms with E-state index in [1.165, 1.54) is 17.0 Å². The van der Waals surface area contributed by atoms with Crippen molar-refractivity contribution in [2.24, 2.45) is 17.2 Å². The standard InChI is InChI=1S/C29H42N6O6/c1-2-35-24(28(40)33-11-9-21(31)16-36)15-20-13-18(6-8-26(20)38)17-5-7-25(37)19(12-17)14-22(32)27(39)34-23(29(35)41)4-3-10-30/h5-8,12-13,21-24,36-38H,2-4,9-11,14-16,30-32H2,1H3,(H,33,40)(H,34,39)/t21-,22-,23-,24-/m0/s1. The highest BCUT2D eigenvalue weighted by Gasteiger charge is 2.35. The third-order valence-electron chi connectivity index (χ3n) is 7.35. The van der Waals surface area contributed by atoms with Crippen molar-refractivity contribution in [2.45, 2.75) is 63.2 Å². The van der Waals surface area contributed by atoms with Gasteiger partial charge in [-0.15, -0.1) is 0 Å². The molecule has 12 heteroatoms. The molecule has 0 spiro atoms. The summed E-state index contributed by atoms with van der Waals surface area (Å²) in [5.41, 5.74) is 20.0. The minimum Gasteiger partial charge on any atom is -0.508 e. The van der Waals surface area contributed by atoms with Crippen molar-refractivity contribution in [3.8, 4) is 22.6 Å². The Labute approximate surface area is 239 Å². The lowest BCUT2D eigenvalue weighted by Crippen LogP contribution is -2.58. The number of phenolic OH excluding ortho intramolecular Hbond substituents is 2. The summed E-state index contributed by atoms with van der Waals surface area (Å²) in [5.74, 6) is -1.59. The SMILES string of the molecule is CCN1C(=O)[C@H](CCCN)NC(=O)[C@@H](N)Cc2cc(ccc2O)-c2ccc(O)c(c2)C[C@H]1C(=O)NCC[C@H](N)CO. The van der Waals surface area contributed by atoms with Crippen LogP contribution in [0.25, 0.3) is 11.1 Å². The fourth-order valence-electron chi connectivity index (χ4n) is 4.92. The summed E-state index contributed by atoms with van der Waals surface area (Å²) in [6.07, 6.45) is 0.994. The summed E-state index contributed by atoms with van der Waals surface area (Å²) >= 11 is 0. The number of carbonyl (C=O) groups excluding carboxylic acids is 3. The topological polar surface area (TPSA) is 217 Å². The first-order valence-corrected chi connectivity index (χ1v) is 13.9. The molecule has 224 valence electrons. The molecular formula is C29H42N6O6. The van der Waals surface area contributed by atoms with Gasteiger partial charge in [-0.25, -0.2) is 0 Å². The van der Waals surface area contributed by atoms with E-state index in [9.17, 15) is 29.7 Å². The second-order valence-electron chi connectivity index (χ2n) is 10.4. The summed E-state index contributed by atoms with van der Waals surface area (Å²) in [6.45, 7) is 2.10. The zero-order valence-corrected chi connectivity index (χ0v) is 23.4. The van der Waals surface area contributed by atoms with Gasteiger partial charge in [-0.3, -0.25) is 14.4 Å². The van der Waals surface area contributed by atoms with Crippen molar-refractivity contribution in [3.63, 3.8) is 0 Å². The number of aromatic hydroxyl groups is 2. The molecule has 0 saturated heterocycles. The number of rotatable bonds is 9. The number of likely N-dealkylation sites (N-methyl/N-ethyl adjacent to an activating group) is 1. The maximum atomic E-state index is 13.9. The average molecular weight is 571 g/mol. The van der Waals surface area contributed by atoms with E-state index in [2.05, 4.69) is 10.6 Å². The molecule has 1 heterocycles. The van der Waals surface area contributed by atoms with Gasteiger partial charge < -0.3 is 48.1 Å². The Morgan fingerprint density at radius 2 is 1.71 bits per heavy atom. The minimum atomic E-state index is -1.06. The predicted octanol–water partition coefficient (Wildman–Crippen LogP) is -0.543. The number of hydrogen-bond donors (Lipinski definition) is 8. The number of aliphatic hydroxyl groups is 1. The molecule has 0 radical (unpaired) electrons. The van der Waals surface area contributed by atoms with Crippen LogP contribution in [-0.4, -0.2) is 88.3 Å². The van der Waals surface area contributed by atoms with Gasteiger partial charge in [0.1, 0.15) is 23.6 Å². The Morgan fingerprint density at radius 3 is 2.27 bits per heavy atom. The van der Waals surface area contributed by atoms with Gasteiger partial charge in [-0.05, 0) is 79.3 Å². The first-order valence-electron chi connectivity index (χ1n) is 13.9. The van der Waals surface area contributed by atoms with Gasteiger partial charge in [0.15, 0.2) is 0 Å². The van der Waals surface area contributed by atoms with Gasteiger partial charge in [0.25, 0.3) is 0 Å². The number of phenols is 2. The molecule has 0 fully saturated rings. The molecule has 0 aromatic heterocycles.